The Kier molecular flexibility index (Phi) is 6.12. The Hall–Kier alpha value is -0.280. The molecule has 3 N–H and O–H groups in total. The zero-order valence-corrected chi connectivity index (χ0v) is 9.61. The first kappa shape index (κ1) is 13.7. The van der Waals surface area contributed by atoms with Crippen molar-refractivity contribution >= 4 is 24.0 Å². The van der Waals surface area contributed by atoms with E-state index in [0.717, 1.165) is 11.1 Å². The fraction of sp³-hybridized carbons (Fsp3) is 0.400. The Morgan fingerprint density at radius 3 is 2.64 bits per heavy atom. The van der Waals surface area contributed by atoms with E-state index in [0.29, 0.717) is 11.4 Å². The van der Waals surface area contributed by atoms with Gasteiger partial charge in [-0.3, -0.25) is 0 Å². The summed E-state index contributed by atoms with van der Waals surface area (Å²) >= 11 is 6.00. The Morgan fingerprint density at radius 2 is 2.14 bits per heavy atom. The molecule has 0 aromatic heterocycles. The van der Waals surface area contributed by atoms with Gasteiger partial charge in [0.15, 0.2) is 0 Å². The van der Waals surface area contributed by atoms with Crippen LogP contribution in [-0.2, 0) is 0 Å². The Morgan fingerprint density at radius 1 is 1.50 bits per heavy atom. The van der Waals surface area contributed by atoms with Crippen molar-refractivity contribution in [3.63, 3.8) is 0 Å². The number of nitrogens with two attached hydrogens (primary N) is 1. The summed E-state index contributed by atoms with van der Waals surface area (Å²) in [4.78, 5) is 0. The molecule has 2 nitrogen and oxygen atoms in total. The molecule has 0 radical (unpaired) electrons. The van der Waals surface area contributed by atoms with E-state index < -0.39 is 0 Å². The molecule has 0 unspecified atom stereocenters. The van der Waals surface area contributed by atoms with Crippen LogP contribution in [0.2, 0.25) is 5.02 Å². The largest absolute Gasteiger partial charge is 0.396 e. The molecule has 0 aliphatic carbocycles. The van der Waals surface area contributed by atoms with Gasteiger partial charge in [0.2, 0.25) is 0 Å². The van der Waals surface area contributed by atoms with E-state index >= 15 is 0 Å². The summed E-state index contributed by atoms with van der Waals surface area (Å²) in [5.74, 6) is 0. The fourth-order valence-corrected chi connectivity index (χ4v) is 1.76. The minimum absolute atomic E-state index is 0. The second-order valence-electron chi connectivity index (χ2n) is 3.09. The minimum Gasteiger partial charge on any atom is -0.396 e. The number of aliphatic hydroxyl groups is 1. The van der Waals surface area contributed by atoms with Crippen LogP contribution >= 0.6 is 24.0 Å². The van der Waals surface area contributed by atoms with Crippen LogP contribution in [0.15, 0.2) is 18.2 Å². The topological polar surface area (TPSA) is 46.2 Å². The average molecular weight is 236 g/mol. The number of halogens is 2. The van der Waals surface area contributed by atoms with Crippen molar-refractivity contribution in [1.82, 2.24) is 0 Å². The van der Waals surface area contributed by atoms with Crippen LogP contribution in [0.25, 0.3) is 0 Å². The Bertz CT molecular complexity index is 271. The number of aliphatic hydroxyl groups excluding tert-OH is 1. The van der Waals surface area contributed by atoms with E-state index in [4.69, 9.17) is 22.4 Å². The van der Waals surface area contributed by atoms with Gasteiger partial charge in [0.25, 0.3) is 0 Å². The lowest BCUT2D eigenvalue weighted by Crippen LogP contribution is -2.13. The van der Waals surface area contributed by atoms with Gasteiger partial charge in [-0.05, 0) is 30.5 Å². The summed E-state index contributed by atoms with van der Waals surface area (Å²) in [6.45, 7) is 2.06. The maximum atomic E-state index is 8.76. The van der Waals surface area contributed by atoms with Gasteiger partial charge in [-0.1, -0.05) is 23.7 Å². The fourth-order valence-electron chi connectivity index (χ4n) is 1.40. The molecular weight excluding hydrogens is 221 g/mol. The highest BCUT2D eigenvalue weighted by atomic mass is 35.5. The predicted octanol–water partition coefficient (Wildman–Crippen LogP) is 2.45. The van der Waals surface area contributed by atoms with Crippen molar-refractivity contribution < 1.29 is 5.11 Å². The molecular formula is C10H15Cl2NO. The first-order valence-corrected chi connectivity index (χ1v) is 4.66. The van der Waals surface area contributed by atoms with Crippen molar-refractivity contribution in [2.45, 2.75) is 19.4 Å². The van der Waals surface area contributed by atoms with Gasteiger partial charge in [0.1, 0.15) is 0 Å². The number of rotatable bonds is 3. The second kappa shape index (κ2) is 6.25. The number of aryl methyl sites for hydroxylation is 1. The molecule has 1 aromatic carbocycles. The summed E-state index contributed by atoms with van der Waals surface area (Å²) in [5.41, 5.74) is 7.88. The smallest absolute Gasteiger partial charge is 0.0456 e. The van der Waals surface area contributed by atoms with Crippen LogP contribution in [0.3, 0.4) is 0 Å². The first-order valence-electron chi connectivity index (χ1n) is 4.28. The molecule has 0 heterocycles. The Labute approximate surface area is 95.5 Å². The van der Waals surface area contributed by atoms with Crippen molar-refractivity contribution in [1.29, 1.82) is 0 Å². The molecule has 0 bridgehead atoms. The molecule has 4 heteroatoms. The van der Waals surface area contributed by atoms with E-state index in [-0.39, 0.29) is 25.1 Å². The van der Waals surface area contributed by atoms with Gasteiger partial charge in [-0.15, -0.1) is 12.4 Å². The van der Waals surface area contributed by atoms with E-state index in [1.54, 1.807) is 0 Å². The van der Waals surface area contributed by atoms with Crippen LogP contribution in [-0.4, -0.2) is 11.7 Å². The average Bonchev–Trinajstić information content (AvgIpc) is 2.04. The van der Waals surface area contributed by atoms with Gasteiger partial charge in [0, 0.05) is 17.7 Å². The zero-order chi connectivity index (χ0) is 9.84. The van der Waals surface area contributed by atoms with Crippen molar-refractivity contribution in [2.24, 2.45) is 5.73 Å². The standard InChI is InChI=1S/C10H14ClNO.ClH/c1-7-3-2-4-8(11)10(7)9(12)5-6-13;/h2-4,9,13H,5-6,12H2,1H3;1H/t9-;/m0./s1. The lowest BCUT2D eigenvalue weighted by atomic mass is 10.00. The molecule has 0 aliphatic heterocycles. The number of hydrogen-bond acceptors (Lipinski definition) is 2. The van der Waals surface area contributed by atoms with Gasteiger partial charge in [-0.2, -0.15) is 0 Å². The third-order valence-electron chi connectivity index (χ3n) is 2.08. The van der Waals surface area contributed by atoms with Crippen molar-refractivity contribution in [2.75, 3.05) is 6.61 Å². The maximum Gasteiger partial charge on any atom is 0.0456 e. The lowest BCUT2D eigenvalue weighted by molar-refractivity contribution is 0.276. The molecule has 0 spiro atoms. The molecule has 1 atom stereocenters. The van der Waals surface area contributed by atoms with Crippen LogP contribution in [0.1, 0.15) is 23.6 Å². The molecule has 80 valence electrons. The minimum atomic E-state index is -0.168. The van der Waals surface area contributed by atoms with E-state index in [1.165, 1.54) is 0 Å². The molecule has 0 aliphatic rings. The number of hydrogen-bond donors (Lipinski definition) is 2. The van der Waals surface area contributed by atoms with Crippen LogP contribution in [0.4, 0.5) is 0 Å². The SMILES string of the molecule is Cc1cccc(Cl)c1[C@@H](N)CCO.Cl. The second-order valence-corrected chi connectivity index (χ2v) is 3.50. The van der Waals surface area contributed by atoms with Crippen LogP contribution in [0.5, 0.6) is 0 Å². The quantitative estimate of drug-likeness (QED) is 0.846. The van der Waals surface area contributed by atoms with Gasteiger partial charge in [-0.25, -0.2) is 0 Å². The van der Waals surface area contributed by atoms with Crippen LogP contribution < -0.4 is 5.73 Å². The molecule has 1 aromatic rings. The first-order chi connectivity index (χ1) is 6.16. The Balaban J connectivity index is 0.00000169. The molecule has 1 rings (SSSR count). The highest BCUT2D eigenvalue weighted by molar-refractivity contribution is 6.31. The van der Waals surface area contributed by atoms with Gasteiger partial charge in [0.05, 0.1) is 0 Å². The maximum absolute atomic E-state index is 8.76. The molecule has 14 heavy (non-hydrogen) atoms. The monoisotopic (exact) mass is 235 g/mol. The lowest BCUT2D eigenvalue weighted by Gasteiger charge is -2.14. The van der Waals surface area contributed by atoms with Crippen molar-refractivity contribution in [3.05, 3.63) is 34.3 Å². The van der Waals surface area contributed by atoms with E-state index in [9.17, 15) is 0 Å². The summed E-state index contributed by atoms with van der Waals surface area (Å²) in [5, 5.41) is 9.44. The van der Waals surface area contributed by atoms with Crippen LogP contribution in [0, 0.1) is 6.92 Å². The van der Waals surface area contributed by atoms with E-state index in [2.05, 4.69) is 0 Å². The number of benzene rings is 1. The summed E-state index contributed by atoms with van der Waals surface area (Å²) in [6.07, 6.45) is 0.546. The predicted molar refractivity (Wildman–Crippen MR) is 62.1 cm³/mol. The highest BCUT2D eigenvalue weighted by Gasteiger charge is 2.11. The molecule has 0 fully saturated rings. The molecule has 0 amide bonds. The van der Waals surface area contributed by atoms with E-state index in [1.807, 2.05) is 25.1 Å². The van der Waals surface area contributed by atoms with Gasteiger partial charge < -0.3 is 10.8 Å². The zero-order valence-electron chi connectivity index (χ0n) is 8.03. The summed E-state index contributed by atoms with van der Waals surface area (Å²) in [7, 11) is 0. The summed E-state index contributed by atoms with van der Waals surface area (Å²) in [6, 6.07) is 5.52. The summed E-state index contributed by atoms with van der Waals surface area (Å²) < 4.78 is 0. The highest BCUT2D eigenvalue weighted by Crippen LogP contribution is 2.26. The third kappa shape index (κ3) is 3.14. The van der Waals surface area contributed by atoms with Gasteiger partial charge >= 0.3 is 0 Å². The molecule has 0 saturated heterocycles. The third-order valence-corrected chi connectivity index (χ3v) is 2.41. The normalized spacial score (nSPS) is 12.0. The van der Waals surface area contributed by atoms with Crippen molar-refractivity contribution in [3.8, 4) is 0 Å². The molecule has 0 saturated carbocycles.